The van der Waals surface area contributed by atoms with E-state index in [0.717, 1.165) is 38.7 Å². The van der Waals surface area contributed by atoms with Crippen LogP contribution in [0.3, 0.4) is 0 Å². The fourth-order valence-electron chi connectivity index (χ4n) is 6.44. The third-order valence-corrected chi connectivity index (χ3v) is 9.12. The molecule has 0 spiro atoms. The summed E-state index contributed by atoms with van der Waals surface area (Å²) in [4.78, 5) is 9.68. The van der Waals surface area contributed by atoms with Crippen molar-refractivity contribution in [2.75, 3.05) is 0 Å². The maximum absolute atomic E-state index is 10.7. The summed E-state index contributed by atoms with van der Waals surface area (Å²) >= 11 is 0. The van der Waals surface area contributed by atoms with E-state index in [4.69, 9.17) is 22.9 Å². The van der Waals surface area contributed by atoms with Crippen LogP contribution < -0.4 is 0 Å². The second-order valence-electron chi connectivity index (χ2n) is 11.5. The van der Waals surface area contributed by atoms with E-state index in [2.05, 4.69) is 130 Å². The molecule has 0 unspecified atom stereocenters. The predicted octanol–water partition coefficient (Wildman–Crippen LogP) is 9.78. The van der Waals surface area contributed by atoms with Gasteiger partial charge in [0.25, 0.3) is 0 Å². The molecule has 12 heteroatoms. The maximum atomic E-state index is 10.7. The summed E-state index contributed by atoms with van der Waals surface area (Å²) in [6.07, 6.45) is 0. The monoisotopic (exact) mass is 878 g/mol. The van der Waals surface area contributed by atoms with Gasteiger partial charge in [0.15, 0.2) is 0 Å². The molecule has 10 rings (SSSR count). The molecular formula is C39H24F3IrN4O3S-. The Balaban J connectivity index is 0.000000130. The summed E-state index contributed by atoms with van der Waals surface area (Å²) in [6.45, 7) is 0. The SMILES string of the molecule is O=S(=O)(O)C(F)(F)F.[Ir].[c-]1cccc2c1c1nc3ccccc3n1c1ccccc21.c1ccc2c(c1)nc1c3ccccc3c3ccccc3n21. The molecule has 1 radical (unpaired) electrons. The van der Waals surface area contributed by atoms with Crippen molar-refractivity contribution in [1.29, 1.82) is 0 Å². The summed E-state index contributed by atoms with van der Waals surface area (Å²) in [5, 5.41) is 7.25. The molecule has 0 fully saturated rings. The van der Waals surface area contributed by atoms with E-state index in [1.807, 2.05) is 24.3 Å². The molecule has 0 bridgehead atoms. The van der Waals surface area contributed by atoms with Gasteiger partial charge in [-0.2, -0.15) is 21.6 Å². The van der Waals surface area contributed by atoms with Crippen LogP contribution >= 0.6 is 0 Å². The van der Waals surface area contributed by atoms with Crippen LogP contribution in [0, 0.1) is 6.07 Å². The molecule has 0 atom stereocenters. The number of nitrogens with zero attached hydrogens (tertiary/aromatic N) is 4. The van der Waals surface area contributed by atoms with Gasteiger partial charge in [-0.3, -0.25) is 13.9 Å². The molecule has 255 valence electrons. The number of rotatable bonds is 0. The molecule has 0 amide bonds. The smallest absolute Gasteiger partial charge is 0.333 e. The standard InChI is InChI=1S/C19H12N2.C19H11N2.CHF3O3S.Ir/c2*1-2-9-15-13(7-1)14-8-3-5-11-17(14)21-18-12-6-4-10-16(18)20-19(15)21;2-1(3,4)8(5,6)7;/h1-12H;1-8,10-12H;(H,5,6,7);/q;-1;;. The molecule has 0 saturated carbocycles. The minimum Gasteiger partial charge on any atom is -0.333 e. The minimum absolute atomic E-state index is 0. The van der Waals surface area contributed by atoms with Gasteiger partial charge < -0.3 is 4.40 Å². The van der Waals surface area contributed by atoms with E-state index in [0.29, 0.717) is 0 Å². The Labute approximate surface area is 301 Å². The summed E-state index contributed by atoms with van der Waals surface area (Å²) in [5.74, 6) is 0. The summed E-state index contributed by atoms with van der Waals surface area (Å²) in [6, 6.07) is 51.6. The second-order valence-corrected chi connectivity index (χ2v) is 12.9. The zero-order chi connectivity index (χ0) is 34.6. The van der Waals surface area contributed by atoms with Gasteiger partial charge in [-0.25, -0.2) is 4.98 Å². The van der Waals surface area contributed by atoms with Gasteiger partial charge in [-0.1, -0.05) is 90.3 Å². The average Bonchev–Trinajstić information content (AvgIpc) is 3.72. The molecular weight excluding hydrogens is 854 g/mol. The molecule has 0 aliphatic rings. The van der Waals surface area contributed by atoms with Crippen LogP contribution in [0.25, 0.3) is 76.7 Å². The van der Waals surface area contributed by atoms with Gasteiger partial charge in [-0.15, -0.1) is 29.7 Å². The number of halogens is 3. The Morgan fingerprint density at radius 2 is 0.922 bits per heavy atom. The topological polar surface area (TPSA) is 89.0 Å². The molecule has 7 nitrogen and oxygen atoms in total. The summed E-state index contributed by atoms with van der Waals surface area (Å²) in [7, 11) is -5.84. The fraction of sp³-hybridized carbons (Fsp3) is 0.0256. The van der Waals surface area contributed by atoms with Crippen LogP contribution in [0.1, 0.15) is 0 Å². The number of imidazole rings is 2. The van der Waals surface area contributed by atoms with E-state index in [-0.39, 0.29) is 20.1 Å². The van der Waals surface area contributed by atoms with Crippen molar-refractivity contribution >= 4 is 86.8 Å². The number of hydrogen-bond donors (Lipinski definition) is 1. The number of benzene rings is 6. The van der Waals surface area contributed by atoms with Crippen LogP contribution in [-0.4, -0.2) is 37.2 Å². The molecule has 1 N–H and O–H groups in total. The van der Waals surface area contributed by atoms with Crippen LogP contribution in [0.5, 0.6) is 0 Å². The second kappa shape index (κ2) is 13.1. The molecule has 0 saturated heterocycles. The summed E-state index contributed by atoms with van der Waals surface area (Å²) < 4.78 is 62.1. The van der Waals surface area contributed by atoms with Crippen molar-refractivity contribution in [2.45, 2.75) is 5.51 Å². The predicted molar refractivity (Wildman–Crippen MR) is 192 cm³/mol. The van der Waals surface area contributed by atoms with Gasteiger partial charge in [0.1, 0.15) is 5.65 Å². The van der Waals surface area contributed by atoms with Crippen molar-refractivity contribution in [3.63, 3.8) is 0 Å². The van der Waals surface area contributed by atoms with Crippen LogP contribution in [0.15, 0.2) is 140 Å². The number of hydrogen-bond acceptors (Lipinski definition) is 4. The maximum Gasteiger partial charge on any atom is 0.522 e. The number of pyridine rings is 2. The van der Waals surface area contributed by atoms with E-state index in [1.54, 1.807) is 0 Å². The summed E-state index contributed by atoms with van der Waals surface area (Å²) in [5.41, 5.74) is 3.24. The largest absolute Gasteiger partial charge is 0.522 e. The Hall–Kier alpha value is -5.39. The number of para-hydroxylation sites is 6. The van der Waals surface area contributed by atoms with Crippen molar-refractivity contribution in [2.24, 2.45) is 0 Å². The first-order chi connectivity index (χ1) is 24.1. The first-order valence-electron chi connectivity index (χ1n) is 15.4. The molecule has 10 aromatic rings. The zero-order valence-corrected chi connectivity index (χ0v) is 29.4. The Morgan fingerprint density at radius 1 is 0.529 bits per heavy atom. The van der Waals surface area contributed by atoms with Crippen molar-refractivity contribution in [3.8, 4) is 0 Å². The van der Waals surface area contributed by atoms with E-state index < -0.39 is 15.6 Å². The van der Waals surface area contributed by atoms with Crippen molar-refractivity contribution in [1.82, 2.24) is 18.8 Å². The average molecular weight is 878 g/mol. The first kappa shape index (κ1) is 34.1. The molecule has 4 aromatic heterocycles. The Kier molecular flexibility index (Phi) is 8.72. The molecule has 51 heavy (non-hydrogen) atoms. The van der Waals surface area contributed by atoms with Crippen LogP contribution in [0.2, 0.25) is 0 Å². The van der Waals surface area contributed by atoms with Gasteiger partial charge in [0, 0.05) is 36.4 Å². The van der Waals surface area contributed by atoms with Gasteiger partial charge in [0.05, 0.1) is 33.2 Å². The molecule has 0 aliphatic carbocycles. The van der Waals surface area contributed by atoms with E-state index in [1.165, 1.54) is 38.0 Å². The van der Waals surface area contributed by atoms with E-state index >= 15 is 0 Å². The number of fused-ring (bicyclic) bond motifs is 16. The van der Waals surface area contributed by atoms with E-state index in [9.17, 15) is 13.2 Å². The number of alkyl halides is 3. The van der Waals surface area contributed by atoms with Crippen molar-refractivity contribution < 1.29 is 46.2 Å². The van der Waals surface area contributed by atoms with Gasteiger partial charge in [0.2, 0.25) is 0 Å². The molecule has 6 aromatic carbocycles. The third kappa shape index (κ3) is 5.86. The first-order valence-corrected chi connectivity index (χ1v) is 16.8. The Bertz CT molecular complexity index is 2850. The molecule has 4 heterocycles. The van der Waals surface area contributed by atoms with Gasteiger partial charge in [-0.05, 0) is 47.2 Å². The Morgan fingerprint density at radius 3 is 1.47 bits per heavy atom. The fourth-order valence-corrected chi connectivity index (χ4v) is 6.44. The van der Waals surface area contributed by atoms with Crippen LogP contribution in [0.4, 0.5) is 13.2 Å². The zero-order valence-electron chi connectivity index (χ0n) is 26.2. The quantitative estimate of drug-likeness (QED) is 0.0710. The minimum atomic E-state index is -5.84. The van der Waals surface area contributed by atoms with Gasteiger partial charge >= 0.3 is 15.6 Å². The normalized spacial score (nSPS) is 11.9. The van der Waals surface area contributed by atoms with Crippen molar-refractivity contribution in [3.05, 3.63) is 146 Å². The van der Waals surface area contributed by atoms with Crippen LogP contribution in [-0.2, 0) is 30.2 Å². The third-order valence-electron chi connectivity index (χ3n) is 8.53. The number of aromatic nitrogens is 4. The molecule has 0 aliphatic heterocycles.